The predicted molar refractivity (Wildman–Crippen MR) is 68.6 cm³/mol. The van der Waals surface area contributed by atoms with E-state index in [0.29, 0.717) is 23.2 Å². The maximum Gasteiger partial charge on any atom is 0.306 e. The lowest BCUT2D eigenvalue weighted by atomic mass is 9.71. The molecule has 0 aliphatic heterocycles. The second-order valence-electron chi connectivity index (χ2n) is 6.76. The second-order valence-corrected chi connectivity index (χ2v) is 6.76. The summed E-state index contributed by atoms with van der Waals surface area (Å²) in [6, 6.07) is 0. The first-order valence-electron chi connectivity index (χ1n) is 7.10. The van der Waals surface area contributed by atoms with Crippen molar-refractivity contribution >= 4 is 5.97 Å². The highest BCUT2D eigenvalue weighted by molar-refractivity contribution is 5.69. The minimum atomic E-state index is 0.0174. The highest BCUT2D eigenvalue weighted by Gasteiger charge is 2.61. The van der Waals surface area contributed by atoms with Gasteiger partial charge in [0.2, 0.25) is 0 Å². The van der Waals surface area contributed by atoms with Crippen molar-refractivity contribution < 1.29 is 9.53 Å². The van der Waals surface area contributed by atoms with Crippen molar-refractivity contribution in [3.8, 4) is 0 Å². The Labute approximate surface area is 105 Å². The minimum Gasteiger partial charge on any atom is -0.462 e. The number of rotatable bonds is 4. The van der Waals surface area contributed by atoms with Gasteiger partial charge in [0.1, 0.15) is 6.10 Å². The third kappa shape index (κ3) is 2.00. The molecule has 0 saturated heterocycles. The molecular weight excluding hydrogens is 212 g/mol. The van der Waals surface area contributed by atoms with Gasteiger partial charge < -0.3 is 4.74 Å². The number of hydrogen-bond acceptors (Lipinski definition) is 2. The summed E-state index contributed by atoms with van der Waals surface area (Å²) in [6.07, 6.45) is 6.40. The number of hydrogen-bond donors (Lipinski definition) is 0. The monoisotopic (exact) mass is 238 g/mol. The first-order valence-corrected chi connectivity index (χ1v) is 7.10. The molecule has 0 aromatic rings. The second kappa shape index (κ2) is 4.29. The third-order valence-electron chi connectivity index (χ3n) is 5.61. The van der Waals surface area contributed by atoms with E-state index in [9.17, 15) is 4.79 Å². The first kappa shape index (κ1) is 12.9. The molecule has 0 amide bonds. The predicted octanol–water partition coefficient (Wildman–Crippen LogP) is 3.93. The number of ether oxygens (including phenoxy) is 1. The molecule has 2 fully saturated rings. The largest absolute Gasteiger partial charge is 0.462 e. The summed E-state index contributed by atoms with van der Waals surface area (Å²) < 4.78 is 5.71. The zero-order valence-corrected chi connectivity index (χ0v) is 11.7. The van der Waals surface area contributed by atoms with Crippen molar-refractivity contribution in [2.24, 2.45) is 16.7 Å². The van der Waals surface area contributed by atoms with Crippen LogP contribution in [-0.4, -0.2) is 12.1 Å². The fourth-order valence-electron chi connectivity index (χ4n) is 3.88. The molecule has 98 valence electrons. The maximum absolute atomic E-state index is 11.7. The highest BCUT2D eigenvalue weighted by Crippen LogP contribution is 2.66. The third-order valence-corrected chi connectivity index (χ3v) is 5.61. The summed E-state index contributed by atoms with van der Waals surface area (Å²) in [6.45, 7) is 9.18. The van der Waals surface area contributed by atoms with Crippen LogP contribution in [0.2, 0.25) is 0 Å². The van der Waals surface area contributed by atoms with Crippen molar-refractivity contribution in [2.75, 3.05) is 0 Å². The normalized spacial score (nSPS) is 38.4. The Balaban J connectivity index is 1.95. The molecule has 0 heterocycles. The van der Waals surface area contributed by atoms with Gasteiger partial charge in [0, 0.05) is 12.3 Å². The molecule has 0 N–H and O–H groups in total. The molecule has 0 unspecified atom stereocenters. The number of fused-ring (bicyclic) bond motifs is 2. The number of unbranched alkanes of at least 4 members (excludes halogenated alkanes) is 1. The quantitative estimate of drug-likeness (QED) is 0.694. The Hall–Kier alpha value is -0.530. The van der Waals surface area contributed by atoms with Crippen LogP contribution in [0, 0.1) is 16.7 Å². The van der Waals surface area contributed by atoms with Crippen molar-refractivity contribution in [2.45, 2.75) is 72.3 Å². The molecule has 0 radical (unpaired) electrons. The number of esters is 1. The van der Waals surface area contributed by atoms with E-state index in [1.807, 2.05) is 0 Å². The lowest BCUT2D eigenvalue weighted by Crippen LogP contribution is -2.27. The van der Waals surface area contributed by atoms with E-state index < -0.39 is 0 Å². The van der Waals surface area contributed by atoms with E-state index in [2.05, 4.69) is 27.7 Å². The van der Waals surface area contributed by atoms with Crippen molar-refractivity contribution in [3.05, 3.63) is 0 Å². The number of carbonyl (C=O) groups excluding carboxylic acids is 1. The maximum atomic E-state index is 11.7. The van der Waals surface area contributed by atoms with Gasteiger partial charge in [-0.1, -0.05) is 34.1 Å². The summed E-state index contributed by atoms with van der Waals surface area (Å²) >= 11 is 0. The van der Waals surface area contributed by atoms with E-state index in [-0.39, 0.29) is 12.1 Å². The van der Waals surface area contributed by atoms with Crippen LogP contribution in [-0.2, 0) is 9.53 Å². The minimum absolute atomic E-state index is 0.0174. The molecule has 0 aromatic heterocycles. The molecule has 2 nitrogen and oxygen atoms in total. The Morgan fingerprint density at radius 3 is 2.53 bits per heavy atom. The van der Waals surface area contributed by atoms with Crippen molar-refractivity contribution in [1.29, 1.82) is 0 Å². The van der Waals surface area contributed by atoms with E-state index in [1.54, 1.807) is 0 Å². The smallest absolute Gasteiger partial charge is 0.306 e. The molecular formula is C15H26O2. The highest BCUT2D eigenvalue weighted by atomic mass is 16.5. The lowest BCUT2D eigenvalue weighted by Gasteiger charge is -2.33. The molecule has 0 spiro atoms. The Kier molecular flexibility index (Phi) is 3.26. The molecule has 2 aliphatic carbocycles. The van der Waals surface area contributed by atoms with Crippen molar-refractivity contribution in [3.63, 3.8) is 0 Å². The van der Waals surface area contributed by atoms with E-state index >= 15 is 0 Å². The summed E-state index contributed by atoms with van der Waals surface area (Å²) in [7, 11) is 0. The zero-order chi connectivity index (χ0) is 12.7. The molecule has 2 bridgehead atoms. The van der Waals surface area contributed by atoms with Gasteiger partial charge in [-0.3, -0.25) is 4.79 Å². The standard InChI is InChI=1S/C15H26O2/c1-5-6-7-13(16)17-12-10-15(4)9-8-11(12)14(15,2)3/h11-12H,5-10H2,1-4H3/t11-,12+,15+/m0/s1. The van der Waals surface area contributed by atoms with Gasteiger partial charge in [0.05, 0.1) is 0 Å². The fourth-order valence-corrected chi connectivity index (χ4v) is 3.88. The van der Waals surface area contributed by atoms with Gasteiger partial charge in [-0.15, -0.1) is 0 Å². The van der Waals surface area contributed by atoms with Crippen LogP contribution < -0.4 is 0 Å². The van der Waals surface area contributed by atoms with Crippen LogP contribution in [0.1, 0.15) is 66.2 Å². The Morgan fingerprint density at radius 2 is 2.06 bits per heavy atom. The molecule has 2 saturated carbocycles. The summed E-state index contributed by atoms with van der Waals surface area (Å²) in [5.74, 6) is 0.599. The molecule has 3 atom stereocenters. The van der Waals surface area contributed by atoms with Gasteiger partial charge in [-0.25, -0.2) is 0 Å². The Bertz CT molecular complexity index is 305. The van der Waals surface area contributed by atoms with E-state index in [1.165, 1.54) is 12.8 Å². The van der Waals surface area contributed by atoms with E-state index in [0.717, 1.165) is 19.3 Å². The van der Waals surface area contributed by atoms with Gasteiger partial charge in [0.25, 0.3) is 0 Å². The van der Waals surface area contributed by atoms with Crippen LogP contribution >= 0.6 is 0 Å². The van der Waals surface area contributed by atoms with Crippen molar-refractivity contribution in [1.82, 2.24) is 0 Å². The average Bonchev–Trinajstić information content (AvgIpc) is 2.57. The SMILES string of the molecule is CCCCC(=O)O[C@@H]1C[C@@]2(C)CC[C@@H]1C2(C)C. The van der Waals surface area contributed by atoms with Gasteiger partial charge >= 0.3 is 5.97 Å². The van der Waals surface area contributed by atoms with Crippen LogP contribution in [0.15, 0.2) is 0 Å². The van der Waals surface area contributed by atoms with Crippen LogP contribution in [0.25, 0.3) is 0 Å². The fraction of sp³-hybridized carbons (Fsp3) is 0.933. The van der Waals surface area contributed by atoms with Crippen LogP contribution in [0.4, 0.5) is 0 Å². The van der Waals surface area contributed by atoms with Gasteiger partial charge in [-0.05, 0) is 36.5 Å². The summed E-state index contributed by atoms with van der Waals surface area (Å²) in [5, 5.41) is 0. The number of carbonyl (C=O) groups is 1. The summed E-state index contributed by atoms with van der Waals surface area (Å²) in [5.41, 5.74) is 0.718. The molecule has 2 rings (SSSR count). The topological polar surface area (TPSA) is 26.3 Å². The zero-order valence-electron chi connectivity index (χ0n) is 11.7. The molecule has 2 aliphatic rings. The Morgan fingerprint density at radius 1 is 1.35 bits per heavy atom. The first-order chi connectivity index (χ1) is 7.90. The lowest BCUT2D eigenvalue weighted by molar-refractivity contribution is -0.152. The van der Waals surface area contributed by atoms with Crippen LogP contribution in [0.5, 0.6) is 0 Å². The van der Waals surface area contributed by atoms with Crippen LogP contribution in [0.3, 0.4) is 0 Å². The van der Waals surface area contributed by atoms with Gasteiger partial charge in [0.15, 0.2) is 0 Å². The molecule has 0 aromatic carbocycles. The molecule has 17 heavy (non-hydrogen) atoms. The molecule has 2 heteroatoms. The van der Waals surface area contributed by atoms with Gasteiger partial charge in [-0.2, -0.15) is 0 Å². The van der Waals surface area contributed by atoms with E-state index in [4.69, 9.17) is 4.74 Å². The average molecular weight is 238 g/mol. The summed E-state index contributed by atoms with van der Waals surface area (Å²) in [4.78, 5) is 11.7.